The van der Waals surface area contributed by atoms with E-state index in [2.05, 4.69) is 21.8 Å². The van der Waals surface area contributed by atoms with Crippen molar-refractivity contribution in [2.75, 3.05) is 33.4 Å². The number of imidazole rings is 1. The van der Waals surface area contributed by atoms with E-state index in [-0.39, 0.29) is 12.0 Å². The van der Waals surface area contributed by atoms with Crippen molar-refractivity contribution >= 4 is 0 Å². The Bertz CT molecular complexity index is 394. The number of rotatable bonds is 6. The zero-order valence-electron chi connectivity index (χ0n) is 12.0. The lowest BCUT2D eigenvalue weighted by Gasteiger charge is -2.41. The van der Waals surface area contributed by atoms with Crippen molar-refractivity contribution < 1.29 is 9.84 Å². The van der Waals surface area contributed by atoms with E-state index >= 15 is 0 Å². The number of H-pyrrole nitrogens is 1. The molecule has 0 aromatic carbocycles. The zero-order chi connectivity index (χ0) is 13.7. The van der Waals surface area contributed by atoms with Crippen molar-refractivity contribution in [2.45, 2.75) is 32.7 Å². The third kappa shape index (κ3) is 3.55. The third-order valence-electron chi connectivity index (χ3n) is 4.22. The summed E-state index contributed by atoms with van der Waals surface area (Å²) in [6, 6.07) is 0. The van der Waals surface area contributed by atoms with E-state index in [0.29, 0.717) is 0 Å². The molecule has 0 aliphatic carbocycles. The van der Waals surface area contributed by atoms with Crippen LogP contribution in [0.4, 0.5) is 0 Å². The van der Waals surface area contributed by atoms with Gasteiger partial charge >= 0.3 is 0 Å². The lowest BCUT2D eigenvalue weighted by molar-refractivity contribution is 0.00435. The van der Waals surface area contributed by atoms with E-state index < -0.39 is 0 Å². The largest absolute Gasteiger partial charge is 0.396 e. The maximum atomic E-state index is 9.76. The summed E-state index contributed by atoms with van der Waals surface area (Å²) < 4.78 is 5.18. The van der Waals surface area contributed by atoms with E-state index in [4.69, 9.17) is 4.74 Å². The van der Waals surface area contributed by atoms with Crippen LogP contribution < -0.4 is 0 Å². The first kappa shape index (κ1) is 14.5. The molecule has 0 saturated carbocycles. The predicted octanol–water partition coefficient (Wildman–Crippen LogP) is 1.33. The Hall–Kier alpha value is -0.910. The van der Waals surface area contributed by atoms with Crippen molar-refractivity contribution in [3.8, 4) is 0 Å². The fraction of sp³-hybridized carbons (Fsp3) is 0.786. The molecular formula is C14H25N3O2. The van der Waals surface area contributed by atoms with Gasteiger partial charge in [0.1, 0.15) is 0 Å². The van der Waals surface area contributed by atoms with Gasteiger partial charge in [0.15, 0.2) is 0 Å². The molecule has 1 fully saturated rings. The molecule has 1 aliphatic rings. The topological polar surface area (TPSA) is 61.4 Å². The molecule has 0 bridgehead atoms. The minimum atomic E-state index is -0.00152. The van der Waals surface area contributed by atoms with Gasteiger partial charge in [-0.15, -0.1) is 0 Å². The summed E-state index contributed by atoms with van der Waals surface area (Å²) in [5, 5.41) is 9.76. The highest BCUT2D eigenvalue weighted by Gasteiger charge is 2.34. The molecule has 1 aromatic heterocycles. The number of piperidine rings is 1. The van der Waals surface area contributed by atoms with E-state index in [1.54, 1.807) is 13.4 Å². The highest BCUT2D eigenvalue weighted by atomic mass is 16.5. The molecule has 1 unspecified atom stereocenters. The second-order valence-corrected chi connectivity index (χ2v) is 5.69. The third-order valence-corrected chi connectivity index (χ3v) is 4.22. The van der Waals surface area contributed by atoms with Crippen LogP contribution in [-0.4, -0.2) is 53.4 Å². The van der Waals surface area contributed by atoms with Gasteiger partial charge in [0.25, 0.3) is 0 Å². The quantitative estimate of drug-likeness (QED) is 0.816. The maximum Gasteiger partial charge on any atom is 0.0925 e. The molecule has 0 radical (unpaired) electrons. The van der Waals surface area contributed by atoms with Gasteiger partial charge in [-0.1, -0.05) is 0 Å². The summed E-state index contributed by atoms with van der Waals surface area (Å²) in [7, 11) is 1.72. The number of aromatic amines is 1. The van der Waals surface area contributed by atoms with Crippen LogP contribution in [0.5, 0.6) is 0 Å². The van der Waals surface area contributed by atoms with Gasteiger partial charge < -0.3 is 14.8 Å². The Labute approximate surface area is 115 Å². The zero-order valence-corrected chi connectivity index (χ0v) is 12.0. The predicted molar refractivity (Wildman–Crippen MR) is 73.8 cm³/mol. The van der Waals surface area contributed by atoms with Gasteiger partial charge in [-0.25, -0.2) is 4.98 Å². The molecule has 2 N–H and O–H groups in total. The summed E-state index contributed by atoms with van der Waals surface area (Å²) in [5.74, 6) is 0. The van der Waals surface area contributed by atoms with Crippen molar-refractivity contribution in [3.05, 3.63) is 17.7 Å². The molecule has 1 saturated heterocycles. The first-order valence-electron chi connectivity index (χ1n) is 7.00. The summed E-state index contributed by atoms with van der Waals surface area (Å²) >= 11 is 0. The lowest BCUT2D eigenvalue weighted by atomic mass is 9.78. The molecule has 1 aromatic rings. The number of aryl methyl sites for hydroxylation is 1. The van der Waals surface area contributed by atoms with Crippen molar-refractivity contribution in [1.82, 2.24) is 14.9 Å². The average molecular weight is 267 g/mol. The van der Waals surface area contributed by atoms with Crippen molar-refractivity contribution in [2.24, 2.45) is 5.41 Å². The first-order chi connectivity index (χ1) is 9.19. The van der Waals surface area contributed by atoms with Crippen LogP contribution in [0, 0.1) is 12.3 Å². The summed E-state index contributed by atoms with van der Waals surface area (Å²) in [6.07, 6.45) is 4.89. The molecule has 0 amide bonds. The molecule has 5 heteroatoms. The number of aromatic nitrogens is 2. The van der Waals surface area contributed by atoms with E-state index in [1.807, 2.05) is 0 Å². The number of hydrogen-bond donors (Lipinski definition) is 2. The normalized spacial score (nSPS) is 24.8. The fourth-order valence-electron chi connectivity index (χ4n) is 2.93. The summed E-state index contributed by atoms with van der Waals surface area (Å²) in [4.78, 5) is 9.88. The molecule has 5 nitrogen and oxygen atoms in total. The molecule has 0 spiro atoms. The maximum absolute atomic E-state index is 9.76. The Morgan fingerprint density at radius 3 is 3.05 bits per heavy atom. The van der Waals surface area contributed by atoms with Gasteiger partial charge in [-0.3, -0.25) is 4.90 Å². The van der Waals surface area contributed by atoms with Crippen LogP contribution >= 0.6 is 0 Å². The van der Waals surface area contributed by atoms with Gasteiger partial charge in [0.05, 0.1) is 18.6 Å². The Kier molecular flexibility index (Phi) is 4.96. The van der Waals surface area contributed by atoms with Crippen LogP contribution in [0.1, 0.15) is 30.7 Å². The van der Waals surface area contributed by atoms with E-state index in [0.717, 1.165) is 56.9 Å². The molecule has 19 heavy (non-hydrogen) atoms. The average Bonchev–Trinajstić information content (AvgIpc) is 2.82. The minimum absolute atomic E-state index is 0.00152. The number of nitrogens with zero attached hydrogens (tertiary/aromatic N) is 2. The highest BCUT2D eigenvalue weighted by Crippen LogP contribution is 2.33. The second kappa shape index (κ2) is 6.50. The number of methoxy groups -OCH3 is 1. The molecule has 108 valence electrons. The van der Waals surface area contributed by atoms with E-state index in [9.17, 15) is 5.11 Å². The lowest BCUT2D eigenvalue weighted by Crippen LogP contribution is -2.45. The Morgan fingerprint density at radius 1 is 1.58 bits per heavy atom. The number of nitrogens with one attached hydrogen (secondary N) is 1. The van der Waals surface area contributed by atoms with Crippen molar-refractivity contribution in [3.63, 3.8) is 0 Å². The molecular weight excluding hydrogens is 242 g/mol. The fourth-order valence-corrected chi connectivity index (χ4v) is 2.93. The SMILES string of the molecule is COCCC1(CO)CCCN(Cc2nc[nH]c2C)C1. The van der Waals surface area contributed by atoms with Gasteiger partial charge in [-0.05, 0) is 32.7 Å². The number of ether oxygens (including phenoxy) is 1. The van der Waals surface area contributed by atoms with Crippen LogP contribution in [0.15, 0.2) is 6.33 Å². The number of aliphatic hydroxyl groups excluding tert-OH is 1. The number of aliphatic hydroxyl groups is 1. The van der Waals surface area contributed by atoms with Crippen molar-refractivity contribution in [1.29, 1.82) is 0 Å². The molecule has 2 rings (SSSR count). The van der Waals surface area contributed by atoms with Gasteiger partial charge in [0, 0.05) is 37.9 Å². The second-order valence-electron chi connectivity index (χ2n) is 5.69. The van der Waals surface area contributed by atoms with Gasteiger partial charge in [-0.2, -0.15) is 0 Å². The monoisotopic (exact) mass is 267 g/mol. The molecule has 2 heterocycles. The molecule has 1 atom stereocenters. The number of likely N-dealkylation sites (tertiary alicyclic amines) is 1. The summed E-state index contributed by atoms with van der Waals surface area (Å²) in [6.45, 7) is 5.89. The van der Waals surface area contributed by atoms with Gasteiger partial charge in [0.2, 0.25) is 0 Å². The Morgan fingerprint density at radius 2 is 2.42 bits per heavy atom. The first-order valence-corrected chi connectivity index (χ1v) is 7.00. The van der Waals surface area contributed by atoms with Crippen LogP contribution in [-0.2, 0) is 11.3 Å². The highest BCUT2D eigenvalue weighted by molar-refractivity contribution is 5.08. The summed E-state index contributed by atoms with van der Waals surface area (Å²) in [5.41, 5.74) is 2.25. The van der Waals surface area contributed by atoms with Crippen LogP contribution in [0.25, 0.3) is 0 Å². The molecule has 1 aliphatic heterocycles. The van der Waals surface area contributed by atoms with E-state index in [1.165, 1.54) is 0 Å². The minimum Gasteiger partial charge on any atom is -0.396 e. The Balaban J connectivity index is 1.97. The standard InChI is InChI=1S/C14H25N3O2/c1-12-13(16-11-15-12)8-17-6-3-4-14(9-17,10-18)5-7-19-2/h11,18H,3-10H2,1-2H3,(H,15,16). The van der Waals surface area contributed by atoms with Crippen LogP contribution in [0.3, 0.4) is 0 Å². The number of hydrogen-bond acceptors (Lipinski definition) is 4. The smallest absolute Gasteiger partial charge is 0.0925 e. The van der Waals surface area contributed by atoms with Crippen LogP contribution in [0.2, 0.25) is 0 Å².